The van der Waals surface area contributed by atoms with Crippen LogP contribution < -0.4 is 25.0 Å². The summed E-state index contributed by atoms with van der Waals surface area (Å²) >= 11 is 6.02. The van der Waals surface area contributed by atoms with Gasteiger partial charge in [0.2, 0.25) is 0 Å². The molecule has 0 saturated heterocycles. The second-order valence-electron chi connectivity index (χ2n) is 7.37. The summed E-state index contributed by atoms with van der Waals surface area (Å²) in [5.74, 6) is -1.30. The molecule has 3 aromatic carbocycles. The van der Waals surface area contributed by atoms with E-state index in [1.54, 1.807) is 54.6 Å². The number of carbonyl (C=O) groups excluding carboxylic acids is 3. The molecule has 0 aliphatic carbocycles. The van der Waals surface area contributed by atoms with E-state index in [1.807, 2.05) is 13.8 Å². The highest BCUT2D eigenvalue weighted by Crippen LogP contribution is 2.28. The summed E-state index contributed by atoms with van der Waals surface area (Å²) < 4.78 is 16.1. The van der Waals surface area contributed by atoms with Crippen LogP contribution in [0.3, 0.4) is 0 Å². The van der Waals surface area contributed by atoms with Gasteiger partial charge in [-0.25, -0.2) is 10.2 Å². The van der Waals surface area contributed by atoms with E-state index in [1.165, 1.54) is 19.4 Å². The Labute approximate surface area is 213 Å². The summed E-state index contributed by atoms with van der Waals surface area (Å²) in [7, 11) is 1.42. The maximum Gasteiger partial charge on any atom is 0.343 e. The Balaban J connectivity index is 1.59. The van der Waals surface area contributed by atoms with Gasteiger partial charge in [-0.05, 0) is 79.6 Å². The molecule has 3 aromatic rings. The van der Waals surface area contributed by atoms with E-state index in [-0.39, 0.29) is 11.5 Å². The molecule has 2 amide bonds. The first-order valence-electron chi connectivity index (χ1n) is 10.8. The Morgan fingerprint density at radius 1 is 0.972 bits per heavy atom. The van der Waals surface area contributed by atoms with E-state index < -0.39 is 17.8 Å². The number of esters is 1. The molecule has 0 atom stereocenters. The van der Waals surface area contributed by atoms with Crippen LogP contribution in [0.5, 0.6) is 17.2 Å². The minimum absolute atomic E-state index is 0.203. The molecule has 0 aromatic heterocycles. The van der Waals surface area contributed by atoms with Crippen LogP contribution in [-0.2, 0) is 9.59 Å². The molecular formula is C26H24ClN3O6. The Morgan fingerprint density at radius 2 is 1.72 bits per heavy atom. The fourth-order valence-electron chi connectivity index (χ4n) is 2.94. The van der Waals surface area contributed by atoms with Crippen molar-refractivity contribution in [3.05, 3.63) is 82.4 Å². The summed E-state index contributed by atoms with van der Waals surface area (Å²) in [6, 6.07) is 16.2. The number of amides is 2. The second kappa shape index (κ2) is 12.4. The zero-order chi connectivity index (χ0) is 26.1. The minimum Gasteiger partial charge on any atom is -0.494 e. The topological polar surface area (TPSA) is 115 Å². The number of nitrogens with one attached hydrogen (secondary N) is 2. The van der Waals surface area contributed by atoms with Gasteiger partial charge in [0.1, 0.15) is 5.75 Å². The van der Waals surface area contributed by atoms with Crippen molar-refractivity contribution >= 4 is 41.3 Å². The number of halogens is 1. The lowest BCUT2D eigenvalue weighted by atomic mass is 10.2. The first-order chi connectivity index (χ1) is 17.3. The standard InChI is InChI=1S/C26H24ClN3O6/c1-4-35-20-10-7-18(8-11-20)26(33)36-22-12-6-17(13-23(22)34-3)15-28-30-25(32)24(31)29-19-9-5-16(2)21(27)14-19/h5-15H,4H2,1-3H3,(H,29,31)(H,30,32). The van der Waals surface area contributed by atoms with E-state index in [0.717, 1.165) is 5.56 Å². The molecule has 0 radical (unpaired) electrons. The Morgan fingerprint density at radius 3 is 2.39 bits per heavy atom. The van der Waals surface area contributed by atoms with Gasteiger partial charge in [-0.3, -0.25) is 9.59 Å². The number of hydrogen-bond acceptors (Lipinski definition) is 7. The maximum atomic E-state index is 12.5. The molecule has 0 fully saturated rings. The van der Waals surface area contributed by atoms with Gasteiger partial charge >= 0.3 is 17.8 Å². The number of benzene rings is 3. The first kappa shape index (κ1) is 26.2. The predicted molar refractivity (Wildman–Crippen MR) is 136 cm³/mol. The number of ether oxygens (including phenoxy) is 3. The highest BCUT2D eigenvalue weighted by Gasteiger charge is 2.15. The van der Waals surface area contributed by atoms with Crippen molar-refractivity contribution in [2.75, 3.05) is 19.0 Å². The molecule has 0 aliphatic rings. The van der Waals surface area contributed by atoms with Crippen molar-refractivity contribution in [2.45, 2.75) is 13.8 Å². The Bertz CT molecular complexity index is 1290. The molecule has 0 spiro atoms. The smallest absolute Gasteiger partial charge is 0.343 e. The highest BCUT2D eigenvalue weighted by molar-refractivity contribution is 6.39. The van der Waals surface area contributed by atoms with Crippen molar-refractivity contribution in [1.29, 1.82) is 0 Å². The Hall–Kier alpha value is -4.37. The van der Waals surface area contributed by atoms with Crippen LogP contribution in [0.15, 0.2) is 65.8 Å². The first-order valence-corrected chi connectivity index (χ1v) is 11.2. The molecule has 3 rings (SSSR count). The van der Waals surface area contributed by atoms with Crippen molar-refractivity contribution in [1.82, 2.24) is 5.43 Å². The zero-order valence-electron chi connectivity index (χ0n) is 19.8. The third kappa shape index (κ3) is 7.07. The Kier molecular flexibility index (Phi) is 9.01. The molecule has 186 valence electrons. The fourth-order valence-corrected chi connectivity index (χ4v) is 3.12. The summed E-state index contributed by atoms with van der Waals surface area (Å²) in [6.45, 7) is 4.22. The monoisotopic (exact) mass is 509 g/mol. The summed E-state index contributed by atoms with van der Waals surface area (Å²) in [5.41, 5.74) is 4.25. The van der Waals surface area contributed by atoms with Crippen molar-refractivity contribution in [2.24, 2.45) is 5.10 Å². The fraction of sp³-hybridized carbons (Fsp3) is 0.154. The SMILES string of the molecule is CCOc1ccc(C(=O)Oc2ccc(C=NNC(=O)C(=O)Nc3ccc(C)c(Cl)c3)cc2OC)cc1. The molecule has 0 aliphatic heterocycles. The van der Waals surface area contributed by atoms with Crippen molar-refractivity contribution < 1.29 is 28.6 Å². The van der Waals surface area contributed by atoms with Gasteiger partial charge in [-0.15, -0.1) is 0 Å². The van der Waals surface area contributed by atoms with Crippen molar-refractivity contribution in [3.63, 3.8) is 0 Å². The van der Waals surface area contributed by atoms with E-state index in [4.69, 9.17) is 25.8 Å². The highest BCUT2D eigenvalue weighted by atomic mass is 35.5. The summed E-state index contributed by atoms with van der Waals surface area (Å²) in [5, 5.41) is 6.69. The lowest BCUT2D eigenvalue weighted by molar-refractivity contribution is -0.136. The summed E-state index contributed by atoms with van der Waals surface area (Å²) in [4.78, 5) is 36.5. The summed E-state index contributed by atoms with van der Waals surface area (Å²) in [6.07, 6.45) is 1.31. The number of anilines is 1. The van der Waals surface area contributed by atoms with Gasteiger partial charge in [0.15, 0.2) is 11.5 Å². The van der Waals surface area contributed by atoms with Crippen molar-refractivity contribution in [3.8, 4) is 17.2 Å². The van der Waals surface area contributed by atoms with Gasteiger partial charge in [0.25, 0.3) is 0 Å². The molecule has 36 heavy (non-hydrogen) atoms. The second-order valence-corrected chi connectivity index (χ2v) is 7.78. The molecule has 0 saturated carbocycles. The van der Waals surface area contributed by atoms with Crippen LogP contribution in [0, 0.1) is 6.92 Å². The molecule has 0 heterocycles. The van der Waals surface area contributed by atoms with E-state index in [9.17, 15) is 14.4 Å². The van der Waals surface area contributed by atoms with Crippen LogP contribution >= 0.6 is 11.6 Å². The average molecular weight is 510 g/mol. The maximum absolute atomic E-state index is 12.5. The number of hydrazone groups is 1. The number of methoxy groups -OCH3 is 1. The lowest BCUT2D eigenvalue weighted by Gasteiger charge is -2.10. The van der Waals surface area contributed by atoms with Crippen LogP contribution in [-0.4, -0.2) is 37.7 Å². The molecular weight excluding hydrogens is 486 g/mol. The molecule has 2 N–H and O–H groups in total. The predicted octanol–water partition coefficient (Wildman–Crippen LogP) is 4.36. The molecule has 10 heteroatoms. The van der Waals surface area contributed by atoms with Gasteiger partial charge < -0.3 is 19.5 Å². The lowest BCUT2D eigenvalue weighted by Crippen LogP contribution is -2.32. The minimum atomic E-state index is -0.962. The normalized spacial score (nSPS) is 10.6. The molecule has 0 unspecified atom stereocenters. The largest absolute Gasteiger partial charge is 0.494 e. The third-order valence-corrected chi connectivity index (χ3v) is 5.21. The zero-order valence-corrected chi connectivity index (χ0v) is 20.6. The van der Waals surface area contributed by atoms with E-state index in [2.05, 4.69) is 15.8 Å². The van der Waals surface area contributed by atoms with Crippen LogP contribution in [0.4, 0.5) is 5.69 Å². The number of carbonyl (C=O) groups is 3. The average Bonchev–Trinajstić information content (AvgIpc) is 2.87. The number of hydrogen-bond donors (Lipinski definition) is 2. The number of nitrogens with zero attached hydrogens (tertiary/aromatic N) is 1. The van der Waals surface area contributed by atoms with Crippen LogP contribution in [0.25, 0.3) is 0 Å². The number of aryl methyl sites for hydroxylation is 1. The van der Waals surface area contributed by atoms with Crippen LogP contribution in [0.2, 0.25) is 5.02 Å². The van der Waals surface area contributed by atoms with Gasteiger partial charge in [-0.1, -0.05) is 17.7 Å². The van der Waals surface area contributed by atoms with Crippen LogP contribution in [0.1, 0.15) is 28.4 Å². The van der Waals surface area contributed by atoms with E-state index >= 15 is 0 Å². The van der Waals surface area contributed by atoms with Gasteiger partial charge in [0.05, 0.1) is 25.5 Å². The van der Waals surface area contributed by atoms with Gasteiger partial charge in [-0.2, -0.15) is 5.10 Å². The molecule has 9 nitrogen and oxygen atoms in total. The molecule has 0 bridgehead atoms. The quantitative estimate of drug-likeness (QED) is 0.153. The van der Waals surface area contributed by atoms with Gasteiger partial charge in [0, 0.05) is 10.7 Å². The van der Waals surface area contributed by atoms with E-state index in [0.29, 0.717) is 34.2 Å². The third-order valence-electron chi connectivity index (χ3n) is 4.81. The number of rotatable bonds is 8.